The van der Waals surface area contributed by atoms with Crippen molar-refractivity contribution in [3.05, 3.63) is 60.2 Å². The molecule has 0 radical (unpaired) electrons. The van der Waals surface area contributed by atoms with Crippen LogP contribution in [0.5, 0.6) is 11.5 Å². The third-order valence-corrected chi connectivity index (χ3v) is 4.46. The third-order valence-electron chi connectivity index (χ3n) is 4.46. The maximum Gasteiger partial charge on any atom is 0.243 e. The molecular formula is C23H33IN4O3. The highest BCUT2D eigenvalue weighted by molar-refractivity contribution is 14.0. The summed E-state index contributed by atoms with van der Waals surface area (Å²) in [6.45, 7) is 4.60. The second-order valence-corrected chi connectivity index (χ2v) is 7.22. The van der Waals surface area contributed by atoms with Gasteiger partial charge in [0.2, 0.25) is 5.91 Å². The molecule has 0 aliphatic rings. The van der Waals surface area contributed by atoms with Crippen molar-refractivity contribution in [1.82, 2.24) is 15.5 Å². The molecule has 2 atom stereocenters. The van der Waals surface area contributed by atoms with Crippen LogP contribution in [-0.2, 0) is 4.79 Å². The number of carbonyl (C=O) groups is 1. The quantitative estimate of drug-likeness (QED) is 0.290. The monoisotopic (exact) mass is 540 g/mol. The number of halogens is 1. The van der Waals surface area contributed by atoms with Gasteiger partial charge in [0.15, 0.2) is 5.96 Å². The number of methoxy groups -OCH3 is 1. The van der Waals surface area contributed by atoms with Gasteiger partial charge in [0.25, 0.3) is 0 Å². The molecule has 2 aromatic rings. The van der Waals surface area contributed by atoms with Gasteiger partial charge >= 0.3 is 0 Å². The van der Waals surface area contributed by atoms with Crippen LogP contribution in [-0.4, -0.2) is 57.2 Å². The fraction of sp³-hybridized carbons (Fsp3) is 0.391. The molecule has 2 rings (SSSR count). The van der Waals surface area contributed by atoms with Crippen molar-refractivity contribution in [3.63, 3.8) is 0 Å². The van der Waals surface area contributed by atoms with E-state index in [4.69, 9.17) is 9.47 Å². The van der Waals surface area contributed by atoms with Crippen molar-refractivity contribution in [3.8, 4) is 11.5 Å². The van der Waals surface area contributed by atoms with Crippen molar-refractivity contribution in [2.45, 2.75) is 26.0 Å². The number of benzene rings is 2. The number of nitrogens with one attached hydrogen (secondary N) is 2. The minimum atomic E-state index is -0.124. The second kappa shape index (κ2) is 13.7. The van der Waals surface area contributed by atoms with Crippen LogP contribution in [0.4, 0.5) is 0 Å². The summed E-state index contributed by atoms with van der Waals surface area (Å²) < 4.78 is 11.2. The van der Waals surface area contributed by atoms with Crippen molar-refractivity contribution in [1.29, 1.82) is 0 Å². The molecule has 0 aliphatic heterocycles. The highest BCUT2D eigenvalue weighted by Gasteiger charge is 2.12. The van der Waals surface area contributed by atoms with E-state index < -0.39 is 0 Å². The normalized spacial score (nSPS) is 12.7. The standard InChI is InChI=1S/C23H32N4O3.HI/c1-17(30-21-13-9-12-20(14-21)29-5)15-24-23(25-16-22(28)27(3)4)26-18(2)19-10-7-6-8-11-19;/h6-14,17-18H,15-16H2,1-5H3,(H2,24,25,26);1H. The Hall–Kier alpha value is -2.49. The van der Waals surface area contributed by atoms with Crippen LogP contribution in [0.15, 0.2) is 59.6 Å². The molecule has 0 aromatic heterocycles. The summed E-state index contributed by atoms with van der Waals surface area (Å²) in [7, 11) is 5.06. The number of rotatable bonds is 9. The molecular weight excluding hydrogens is 507 g/mol. The maximum atomic E-state index is 12.0. The van der Waals surface area contributed by atoms with E-state index in [-0.39, 0.29) is 48.6 Å². The van der Waals surface area contributed by atoms with Gasteiger partial charge in [-0.2, -0.15) is 0 Å². The van der Waals surface area contributed by atoms with Gasteiger partial charge in [-0.05, 0) is 31.5 Å². The lowest BCUT2D eigenvalue weighted by atomic mass is 10.1. The number of hydrogen-bond acceptors (Lipinski definition) is 4. The van der Waals surface area contributed by atoms with Crippen LogP contribution in [0.3, 0.4) is 0 Å². The number of aliphatic imine (C=N–C) groups is 1. The summed E-state index contributed by atoms with van der Waals surface area (Å²) in [5, 5.41) is 6.63. The van der Waals surface area contributed by atoms with Crippen LogP contribution in [0.2, 0.25) is 0 Å². The zero-order valence-electron chi connectivity index (χ0n) is 18.8. The first-order chi connectivity index (χ1) is 14.4. The molecule has 0 spiro atoms. The zero-order valence-corrected chi connectivity index (χ0v) is 21.1. The average Bonchev–Trinajstić information content (AvgIpc) is 2.75. The van der Waals surface area contributed by atoms with Gasteiger partial charge in [0.1, 0.15) is 24.1 Å². The van der Waals surface area contributed by atoms with Gasteiger partial charge in [-0.3, -0.25) is 4.79 Å². The molecule has 2 N–H and O–H groups in total. The Morgan fingerprint density at radius 2 is 1.74 bits per heavy atom. The Labute approximate surface area is 202 Å². The first-order valence-electron chi connectivity index (χ1n) is 9.99. The van der Waals surface area contributed by atoms with Crippen molar-refractivity contribution >= 4 is 35.8 Å². The molecule has 1 amide bonds. The van der Waals surface area contributed by atoms with Crippen LogP contribution in [0.1, 0.15) is 25.5 Å². The molecule has 7 nitrogen and oxygen atoms in total. The summed E-state index contributed by atoms with van der Waals surface area (Å²) in [5.41, 5.74) is 1.13. The van der Waals surface area contributed by atoms with Crippen LogP contribution >= 0.6 is 24.0 Å². The third kappa shape index (κ3) is 9.46. The van der Waals surface area contributed by atoms with Gasteiger partial charge in [-0.25, -0.2) is 4.99 Å². The Bertz CT molecular complexity index is 831. The molecule has 2 unspecified atom stereocenters. The fourth-order valence-corrected chi connectivity index (χ4v) is 2.66. The molecule has 0 aliphatic carbocycles. The topological polar surface area (TPSA) is 75.2 Å². The van der Waals surface area contributed by atoms with Crippen LogP contribution in [0.25, 0.3) is 0 Å². The SMILES string of the molecule is COc1cccc(OC(C)CNC(=NCC(=O)N(C)C)NC(C)c2ccccc2)c1.I. The summed E-state index contributed by atoms with van der Waals surface area (Å²) >= 11 is 0. The molecule has 2 aromatic carbocycles. The lowest BCUT2D eigenvalue weighted by Gasteiger charge is -2.21. The predicted molar refractivity (Wildman–Crippen MR) is 135 cm³/mol. The molecule has 0 saturated carbocycles. The first-order valence-corrected chi connectivity index (χ1v) is 9.99. The lowest BCUT2D eigenvalue weighted by molar-refractivity contribution is -0.127. The number of guanidine groups is 1. The Morgan fingerprint density at radius 3 is 2.39 bits per heavy atom. The lowest BCUT2D eigenvalue weighted by Crippen LogP contribution is -2.43. The van der Waals surface area contributed by atoms with Crippen LogP contribution in [0, 0.1) is 0 Å². The second-order valence-electron chi connectivity index (χ2n) is 7.22. The Balaban J connectivity index is 0.00000480. The van der Waals surface area contributed by atoms with Crippen molar-refractivity contribution in [2.75, 3.05) is 34.3 Å². The van der Waals surface area contributed by atoms with Gasteiger partial charge in [-0.15, -0.1) is 24.0 Å². The van der Waals surface area contributed by atoms with Gasteiger partial charge in [0.05, 0.1) is 19.7 Å². The number of amides is 1. The molecule has 0 fully saturated rings. The van der Waals surface area contributed by atoms with E-state index in [0.717, 1.165) is 17.1 Å². The summed E-state index contributed by atoms with van der Waals surface area (Å²) in [6.07, 6.45) is -0.124. The van der Waals surface area contributed by atoms with Gasteiger partial charge in [0, 0.05) is 20.2 Å². The number of nitrogens with zero attached hydrogens (tertiary/aromatic N) is 2. The maximum absolute atomic E-state index is 12.0. The van der Waals surface area contributed by atoms with Crippen LogP contribution < -0.4 is 20.1 Å². The molecule has 0 saturated heterocycles. The smallest absolute Gasteiger partial charge is 0.243 e. The summed E-state index contributed by atoms with van der Waals surface area (Å²) in [6, 6.07) is 17.6. The summed E-state index contributed by atoms with van der Waals surface area (Å²) in [5.74, 6) is 1.97. The molecule has 0 heterocycles. The Morgan fingerprint density at radius 1 is 1.06 bits per heavy atom. The highest BCUT2D eigenvalue weighted by Crippen LogP contribution is 2.19. The molecule has 0 bridgehead atoms. The molecule has 170 valence electrons. The average molecular weight is 540 g/mol. The number of carbonyl (C=O) groups excluding carboxylic acids is 1. The highest BCUT2D eigenvalue weighted by atomic mass is 127. The predicted octanol–water partition coefficient (Wildman–Crippen LogP) is 3.47. The fourth-order valence-electron chi connectivity index (χ4n) is 2.66. The van der Waals surface area contributed by atoms with Gasteiger partial charge < -0.3 is 25.0 Å². The van der Waals surface area contributed by atoms with E-state index >= 15 is 0 Å². The van der Waals surface area contributed by atoms with E-state index in [0.29, 0.717) is 12.5 Å². The van der Waals surface area contributed by atoms with E-state index in [2.05, 4.69) is 34.7 Å². The number of ether oxygens (including phenoxy) is 2. The number of hydrogen-bond donors (Lipinski definition) is 2. The van der Waals surface area contributed by atoms with E-state index in [1.807, 2.05) is 49.4 Å². The van der Waals surface area contributed by atoms with E-state index in [1.165, 1.54) is 4.90 Å². The molecule has 31 heavy (non-hydrogen) atoms. The van der Waals surface area contributed by atoms with E-state index in [1.54, 1.807) is 21.2 Å². The largest absolute Gasteiger partial charge is 0.497 e. The zero-order chi connectivity index (χ0) is 21.9. The number of likely N-dealkylation sites (N-methyl/N-ethyl adjacent to an activating group) is 1. The first kappa shape index (κ1) is 26.5. The molecule has 8 heteroatoms. The Kier molecular flexibility index (Phi) is 11.8. The minimum Gasteiger partial charge on any atom is -0.497 e. The minimum absolute atomic E-state index is 0. The summed E-state index contributed by atoms with van der Waals surface area (Å²) in [4.78, 5) is 17.9. The van der Waals surface area contributed by atoms with Crippen molar-refractivity contribution < 1.29 is 14.3 Å². The van der Waals surface area contributed by atoms with Gasteiger partial charge in [-0.1, -0.05) is 36.4 Å². The van der Waals surface area contributed by atoms with E-state index in [9.17, 15) is 4.79 Å². The van der Waals surface area contributed by atoms with Crippen molar-refractivity contribution in [2.24, 2.45) is 4.99 Å².